The Morgan fingerprint density at radius 1 is 0.500 bits per heavy atom. The lowest BCUT2D eigenvalue weighted by Crippen LogP contribution is -2.60. The van der Waals surface area contributed by atoms with Crippen molar-refractivity contribution in [3.05, 3.63) is 124 Å². The predicted octanol–water partition coefficient (Wildman–Crippen LogP) is 4.98. The molecule has 0 fully saturated rings. The summed E-state index contributed by atoms with van der Waals surface area (Å²) in [6, 6.07) is 32.4. The fourth-order valence-electron chi connectivity index (χ4n) is 7.27. The molecule has 1 heteroatoms. The van der Waals surface area contributed by atoms with E-state index >= 15 is 0 Å². The Labute approximate surface area is 191 Å². The van der Waals surface area contributed by atoms with E-state index in [9.17, 15) is 0 Å². The van der Waals surface area contributed by atoms with E-state index in [1.54, 1.807) is 16.7 Å². The van der Waals surface area contributed by atoms with E-state index in [2.05, 4.69) is 113 Å². The normalized spacial score (nSPS) is 18.3. The molecular weight excluding hydrogens is 383 g/mol. The van der Waals surface area contributed by atoms with Crippen molar-refractivity contribution in [2.24, 2.45) is 0 Å². The maximum absolute atomic E-state index is 2.43. The lowest BCUT2D eigenvalue weighted by atomic mass is 9.30. The summed E-state index contributed by atoms with van der Waals surface area (Å²) in [5.41, 5.74) is 15.1. The highest BCUT2D eigenvalue weighted by molar-refractivity contribution is 6.96. The highest BCUT2D eigenvalue weighted by atomic mass is 14.5. The van der Waals surface area contributed by atoms with Gasteiger partial charge in [0.25, 0.3) is 0 Å². The number of hydrogen-bond acceptors (Lipinski definition) is 0. The van der Waals surface area contributed by atoms with Gasteiger partial charge in [0.1, 0.15) is 0 Å². The van der Waals surface area contributed by atoms with E-state index in [1.165, 1.54) is 38.6 Å². The van der Waals surface area contributed by atoms with Crippen LogP contribution in [0.2, 0.25) is 0 Å². The molecule has 1 heterocycles. The van der Waals surface area contributed by atoms with Gasteiger partial charge in [0.05, 0.1) is 0 Å². The third kappa shape index (κ3) is 2.01. The molecule has 7 rings (SSSR count). The first-order valence-corrected chi connectivity index (χ1v) is 11.9. The van der Waals surface area contributed by atoms with Crippen LogP contribution in [-0.4, -0.2) is 6.71 Å². The molecule has 0 aromatic heterocycles. The molecular formula is C31H27B. The molecule has 0 radical (unpaired) electrons. The average molecular weight is 410 g/mol. The first-order valence-electron chi connectivity index (χ1n) is 11.9. The molecule has 0 saturated heterocycles. The Morgan fingerprint density at radius 3 is 1.44 bits per heavy atom. The monoisotopic (exact) mass is 410 g/mol. The van der Waals surface area contributed by atoms with Crippen LogP contribution in [0.3, 0.4) is 0 Å². The minimum atomic E-state index is -0.00566. The van der Waals surface area contributed by atoms with Gasteiger partial charge in [-0.1, -0.05) is 129 Å². The summed E-state index contributed by atoms with van der Waals surface area (Å²) in [4.78, 5) is 0. The van der Waals surface area contributed by atoms with E-state index < -0.39 is 0 Å². The van der Waals surface area contributed by atoms with Gasteiger partial charge in [0.15, 0.2) is 0 Å². The second-order valence-corrected chi connectivity index (χ2v) is 10.9. The standard InChI is InChI=1S/C31H27B/c1-30(2)20-13-8-14-21-26(20)29-27-22(30)15-9-17-24(27)32(19-11-6-5-7-12-19)25-18-10-16-23(28(25)29)31(21,3)4/h5-18,29H,1-4H3. The second-order valence-electron chi connectivity index (χ2n) is 10.9. The Hall–Kier alpha value is -3.06. The number of rotatable bonds is 1. The maximum atomic E-state index is 2.43. The van der Waals surface area contributed by atoms with Crippen molar-refractivity contribution in [3.8, 4) is 0 Å². The van der Waals surface area contributed by atoms with Crippen molar-refractivity contribution >= 4 is 23.1 Å². The molecule has 0 amide bonds. The van der Waals surface area contributed by atoms with E-state index in [0.29, 0.717) is 5.92 Å². The van der Waals surface area contributed by atoms with Gasteiger partial charge in [-0.05, 0) is 38.9 Å². The van der Waals surface area contributed by atoms with E-state index in [-0.39, 0.29) is 17.5 Å². The Bertz CT molecular complexity index is 1340. The summed E-state index contributed by atoms with van der Waals surface area (Å²) >= 11 is 0. The maximum Gasteiger partial charge on any atom is 0.242 e. The lowest BCUT2D eigenvalue weighted by Gasteiger charge is -2.51. The number of hydrogen-bond donors (Lipinski definition) is 0. The summed E-state index contributed by atoms with van der Waals surface area (Å²) < 4.78 is 0. The quantitative estimate of drug-likeness (QED) is 0.342. The van der Waals surface area contributed by atoms with Gasteiger partial charge in [-0.15, -0.1) is 0 Å². The predicted molar refractivity (Wildman–Crippen MR) is 136 cm³/mol. The SMILES string of the molecule is CC1(C)c2cccc3c2C2c4c(cccc4C(C)(C)c4cccc1c42)B3c1ccccc1. The highest BCUT2D eigenvalue weighted by Gasteiger charge is 2.51. The zero-order valence-electron chi connectivity index (χ0n) is 19.2. The molecule has 154 valence electrons. The van der Waals surface area contributed by atoms with E-state index in [4.69, 9.17) is 0 Å². The summed E-state index contributed by atoms with van der Waals surface area (Å²) in [6.45, 7) is 9.99. The topological polar surface area (TPSA) is 0 Å². The summed E-state index contributed by atoms with van der Waals surface area (Å²) in [7, 11) is 0. The van der Waals surface area contributed by atoms with Gasteiger partial charge >= 0.3 is 0 Å². The molecule has 1 aliphatic heterocycles. The second kappa shape index (κ2) is 5.84. The first kappa shape index (κ1) is 18.5. The Kier molecular flexibility index (Phi) is 3.38. The van der Waals surface area contributed by atoms with Gasteiger partial charge in [0.2, 0.25) is 6.71 Å². The molecule has 4 aromatic carbocycles. The minimum Gasteiger partial charge on any atom is -0.0686 e. The largest absolute Gasteiger partial charge is 0.242 e. The molecule has 0 saturated carbocycles. The van der Waals surface area contributed by atoms with Crippen LogP contribution in [-0.2, 0) is 10.8 Å². The summed E-state index contributed by atoms with van der Waals surface area (Å²) in [5.74, 6) is 0.347. The van der Waals surface area contributed by atoms with Crippen molar-refractivity contribution in [1.29, 1.82) is 0 Å². The molecule has 32 heavy (non-hydrogen) atoms. The third-order valence-electron chi connectivity index (χ3n) is 8.70. The van der Waals surface area contributed by atoms with Crippen molar-refractivity contribution in [2.45, 2.75) is 44.4 Å². The van der Waals surface area contributed by atoms with Gasteiger partial charge in [-0.25, -0.2) is 0 Å². The van der Waals surface area contributed by atoms with Crippen LogP contribution in [0.4, 0.5) is 0 Å². The van der Waals surface area contributed by atoms with Crippen molar-refractivity contribution in [2.75, 3.05) is 0 Å². The van der Waals surface area contributed by atoms with Crippen LogP contribution >= 0.6 is 0 Å². The summed E-state index contributed by atoms with van der Waals surface area (Å²) in [6.07, 6.45) is 0. The Morgan fingerprint density at radius 2 is 0.938 bits per heavy atom. The van der Waals surface area contributed by atoms with Crippen LogP contribution in [0.25, 0.3) is 0 Å². The smallest absolute Gasteiger partial charge is 0.0686 e. The molecule has 3 aliphatic rings. The van der Waals surface area contributed by atoms with Crippen LogP contribution < -0.4 is 16.4 Å². The molecule has 0 atom stereocenters. The van der Waals surface area contributed by atoms with Crippen LogP contribution in [0.15, 0.2) is 84.9 Å². The van der Waals surface area contributed by atoms with Crippen LogP contribution in [0.1, 0.15) is 72.6 Å². The molecule has 4 aromatic rings. The fourth-order valence-corrected chi connectivity index (χ4v) is 7.27. The third-order valence-corrected chi connectivity index (χ3v) is 8.70. The van der Waals surface area contributed by atoms with E-state index in [0.717, 1.165) is 0 Å². The lowest BCUT2D eigenvalue weighted by molar-refractivity contribution is 0.549. The van der Waals surface area contributed by atoms with E-state index in [1.807, 2.05) is 0 Å². The van der Waals surface area contributed by atoms with Crippen molar-refractivity contribution in [3.63, 3.8) is 0 Å². The van der Waals surface area contributed by atoms with Gasteiger partial charge < -0.3 is 0 Å². The van der Waals surface area contributed by atoms with Gasteiger partial charge in [-0.2, -0.15) is 0 Å². The number of benzene rings is 4. The fraction of sp³-hybridized carbons (Fsp3) is 0.226. The average Bonchev–Trinajstić information content (AvgIpc) is 2.80. The molecule has 0 spiro atoms. The van der Waals surface area contributed by atoms with Crippen molar-refractivity contribution in [1.82, 2.24) is 0 Å². The highest BCUT2D eigenvalue weighted by Crippen LogP contribution is 2.57. The zero-order valence-corrected chi connectivity index (χ0v) is 19.2. The molecule has 2 aliphatic carbocycles. The van der Waals surface area contributed by atoms with Gasteiger partial charge in [-0.3, -0.25) is 0 Å². The zero-order chi connectivity index (χ0) is 21.8. The summed E-state index contributed by atoms with van der Waals surface area (Å²) in [5, 5.41) is 0. The van der Waals surface area contributed by atoms with Crippen LogP contribution in [0.5, 0.6) is 0 Å². The van der Waals surface area contributed by atoms with Gasteiger partial charge in [0, 0.05) is 16.7 Å². The Balaban J connectivity index is 1.69. The minimum absolute atomic E-state index is 0.00566. The molecule has 0 nitrogen and oxygen atoms in total. The molecule has 0 unspecified atom stereocenters. The first-order chi connectivity index (χ1) is 15.4. The molecule has 0 bridgehead atoms. The molecule has 0 N–H and O–H groups in total. The van der Waals surface area contributed by atoms with Crippen LogP contribution in [0, 0.1) is 0 Å². The van der Waals surface area contributed by atoms with Crippen molar-refractivity contribution < 1.29 is 0 Å².